The van der Waals surface area contributed by atoms with Crippen LogP contribution in [0.3, 0.4) is 0 Å². The summed E-state index contributed by atoms with van der Waals surface area (Å²) in [5.41, 5.74) is -1.74. The molecule has 1 aliphatic rings. The van der Waals surface area contributed by atoms with Crippen LogP contribution in [-0.4, -0.2) is 27.4 Å². The van der Waals surface area contributed by atoms with Gasteiger partial charge in [-0.2, -0.15) is 13.2 Å². The van der Waals surface area contributed by atoms with Crippen LogP contribution in [0.2, 0.25) is 0 Å². The molecule has 8 heteroatoms. The number of halogens is 3. The van der Waals surface area contributed by atoms with E-state index in [9.17, 15) is 18.0 Å². The number of alkyl halides is 3. The molecule has 2 rings (SSSR count). The molecular formula is C6H5F3N4O. The summed E-state index contributed by atoms with van der Waals surface area (Å²) < 4.78 is 37.8. The lowest BCUT2D eigenvalue weighted by molar-refractivity contribution is -0.141. The Hall–Kier alpha value is -1.60. The summed E-state index contributed by atoms with van der Waals surface area (Å²) in [7, 11) is 0. The van der Waals surface area contributed by atoms with Crippen molar-refractivity contribution in [2.45, 2.75) is 12.7 Å². The summed E-state index contributed by atoms with van der Waals surface area (Å²) in [5, 5.41) is 8.50. The van der Waals surface area contributed by atoms with Gasteiger partial charge in [0.2, 0.25) is 0 Å². The number of carbonyl (C=O) groups excluding carboxylic acids is 1. The summed E-state index contributed by atoms with van der Waals surface area (Å²) in [6.45, 7) is 0.483. The van der Waals surface area contributed by atoms with Crippen LogP contribution in [0.25, 0.3) is 0 Å². The number of hydrogen-bond donors (Lipinski definition) is 1. The van der Waals surface area contributed by atoms with Crippen molar-refractivity contribution < 1.29 is 18.0 Å². The summed E-state index contributed by atoms with van der Waals surface area (Å²) in [6.07, 6.45) is -4.64. The molecule has 5 nitrogen and oxygen atoms in total. The molecule has 1 aromatic rings. The van der Waals surface area contributed by atoms with E-state index in [4.69, 9.17) is 0 Å². The van der Waals surface area contributed by atoms with Gasteiger partial charge in [0.15, 0.2) is 11.4 Å². The van der Waals surface area contributed by atoms with Crippen LogP contribution in [0.15, 0.2) is 0 Å². The smallest absolute Gasteiger partial charge is 0.349 e. The normalized spacial score (nSPS) is 16.4. The van der Waals surface area contributed by atoms with Crippen LogP contribution in [0, 0.1) is 0 Å². The van der Waals surface area contributed by atoms with Crippen molar-refractivity contribution in [1.29, 1.82) is 0 Å². The predicted molar refractivity (Wildman–Crippen MR) is 37.4 cm³/mol. The molecule has 0 saturated heterocycles. The zero-order valence-electron chi connectivity index (χ0n) is 6.80. The molecule has 0 spiro atoms. The van der Waals surface area contributed by atoms with Gasteiger partial charge in [0, 0.05) is 6.54 Å². The lowest BCUT2D eigenvalue weighted by Gasteiger charge is -2.14. The van der Waals surface area contributed by atoms with E-state index in [0.717, 1.165) is 4.68 Å². The number of nitrogens with zero attached hydrogens (tertiary/aromatic N) is 3. The van der Waals surface area contributed by atoms with Crippen molar-refractivity contribution >= 4 is 5.91 Å². The Morgan fingerprint density at radius 3 is 2.79 bits per heavy atom. The van der Waals surface area contributed by atoms with Crippen LogP contribution in [-0.2, 0) is 12.7 Å². The van der Waals surface area contributed by atoms with E-state index in [2.05, 4.69) is 15.6 Å². The summed E-state index contributed by atoms with van der Waals surface area (Å²) in [4.78, 5) is 11.1. The van der Waals surface area contributed by atoms with Crippen molar-refractivity contribution in [2.75, 3.05) is 6.54 Å². The number of hydrogen-bond acceptors (Lipinski definition) is 3. The molecule has 0 radical (unpaired) electrons. The molecule has 0 bridgehead atoms. The lowest BCUT2D eigenvalue weighted by atomic mass is 10.2. The molecule has 0 aliphatic carbocycles. The van der Waals surface area contributed by atoms with Gasteiger partial charge >= 0.3 is 6.18 Å². The highest BCUT2D eigenvalue weighted by molar-refractivity contribution is 5.94. The quantitative estimate of drug-likeness (QED) is 0.652. The van der Waals surface area contributed by atoms with Gasteiger partial charge in [-0.05, 0) is 0 Å². The van der Waals surface area contributed by atoms with Crippen molar-refractivity contribution in [3.63, 3.8) is 0 Å². The topological polar surface area (TPSA) is 59.8 Å². The van der Waals surface area contributed by atoms with Gasteiger partial charge < -0.3 is 5.32 Å². The molecule has 1 N–H and O–H groups in total. The van der Waals surface area contributed by atoms with Gasteiger partial charge in [-0.3, -0.25) is 4.79 Å². The van der Waals surface area contributed by atoms with Crippen LogP contribution in [0.1, 0.15) is 16.2 Å². The summed E-state index contributed by atoms with van der Waals surface area (Å²) in [5.74, 6) is -0.784. The van der Waals surface area contributed by atoms with Gasteiger partial charge in [-0.1, -0.05) is 5.21 Å². The van der Waals surface area contributed by atoms with Crippen LogP contribution in [0.5, 0.6) is 0 Å². The zero-order valence-corrected chi connectivity index (χ0v) is 6.80. The SMILES string of the molecule is O=C1NCCn2nnc(C(F)(F)F)c21. The first-order valence-electron chi connectivity index (χ1n) is 3.79. The highest BCUT2D eigenvalue weighted by atomic mass is 19.4. The third-order valence-electron chi connectivity index (χ3n) is 1.83. The average molecular weight is 206 g/mol. The Morgan fingerprint density at radius 2 is 2.14 bits per heavy atom. The van der Waals surface area contributed by atoms with E-state index < -0.39 is 23.5 Å². The molecule has 1 aliphatic heterocycles. The first kappa shape index (κ1) is 8.97. The molecule has 2 heterocycles. The van der Waals surface area contributed by atoms with E-state index >= 15 is 0 Å². The molecule has 0 saturated carbocycles. The summed E-state index contributed by atoms with van der Waals surface area (Å²) >= 11 is 0. The number of carbonyl (C=O) groups is 1. The number of nitrogens with one attached hydrogen (secondary N) is 1. The molecule has 1 aromatic heterocycles. The van der Waals surface area contributed by atoms with Crippen molar-refractivity contribution in [1.82, 2.24) is 20.3 Å². The Balaban J connectivity index is 2.54. The molecule has 76 valence electrons. The van der Waals surface area contributed by atoms with Crippen molar-refractivity contribution in [3.05, 3.63) is 11.4 Å². The van der Waals surface area contributed by atoms with Gasteiger partial charge in [0.1, 0.15) is 0 Å². The maximum absolute atomic E-state index is 12.3. The minimum Gasteiger partial charge on any atom is -0.349 e. The first-order valence-corrected chi connectivity index (χ1v) is 3.79. The third-order valence-corrected chi connectivity index (χ3v) is 1.83. The fourth-order valence-electron chi connectivity index (χ4n) is 1.24. The molecule has 14 heavy (non-hydrogen) atoms. The number of amides is 1. The Labute approximate surface area is 75.9 Å². The average Bonchev–Trinajstić information content (AvgIpc) is 2.47. The Kier molecular flexibility index (Phi) is 1.73. The molecule has 0 aromatic carbocycles. The number of aromatic nitrogens is 3. The minimum absolute atomic E-state index is 0.212. The third kappa shape index (κ3) is 1.22. The second kappa shape index (κ2) is 2.69. The van der Waals surface area contributed by atoms with Crippen LogP contribution in [0.4, 0.5) is 13.2 Å². The molecular weight excluding hydrogens is 201 g/mol. The predicted octanol–water partition coefficient (Wildman–Crippen LogP) is 0.0403. The molecule has 0 atom stereocenters. The highest BCUT2D eigenvalue weighted by Gasteiger charge is 2.41. The first-order chi connectivity index (χ1) is 6.50. The Morgan fingerprint density at radius 1 is 1.43 bits per heavy atom. The maximum Gasteiger partial charge on any atom is 0.437 e. The second-order valence-corrected chi connectivity index (χ2v) is 2.76. The number of rotatable bonds is 0. The van der Waals surface area contributed by atoms with E-state index in [1.807, 2.05) is 0 Å². The molecule has 0 fully saturated rings. The van der Waals surface area contributed by atoms with Crippen molar-refractivity contribution in [3.8, 4) is 0 Å². The minimum atomic E-state index is -4.64. The monoisotopic (exact) mass is 206 g/mol. The Bertz CT molecular complexity index is 383. The largest absolute Gasteiger partial charge is 0.437 e. The molecule has 1 amide bonds. The van der Waals surface area contributed by atoms with E-state index in [0.29, 0.717) is 0 Å². The van der Waals surface area contributed by atoms with Gasteiger partial charge in [0.05, 0.1) is 6.54 Å². The lowest BCUT2D eigenvalue weighted by Crippen LogP contribution is -2.36. The van der Waals surface area contributed by atoms with E-state index in [1.54, 1.807) is 0 Å². The van der Waals surface area contributed by atoms with Crippen LogP contribution < -0.4 is 5.32 Å². The van der Waals surface area contributed by atoms with E-state index in [1.165, 1.54) is 0 Å². The zero-order chi connectivity index (χ0) is 10.3. The van der Waals surface area contributed by atoms with E-state index in [-0.39, 0.29) is 13.1 Å². The van der Waals surface area contributed by atoms with Crippen LogP contribution >= 0.6 is 0 Å². The summed E-state index contributed by atoms with van der Waals surface area (Å²) in [6, 6.07) is 0. The fraction of sp³-hybridized carbons (Fsp3) is 0.500. The highest BCUT2D eigenvalue weighted by Crippen LogP contribution is 2.30. The van der Waals surface area contributed by atoms with Gasteiger partial charge in [-0.15, -0.1) is 5.10 Å². The standard InChI is InChI=1S/C6H5F3N4O/c7-6(8,9)4-3-5(14)10-1-2-13(3)12-11-4/h1-2H2,(H,10,14). The fourth-order valence-corrected chi connectivity index (χ4v) is 1.24. The van der Waals surface area contributed by atoms with Gasteiger partial charge in [0.25, 0.3) is 5.91 Å². The van der Waals surface area contributed by atoms with Crippen molar-refractivity contribution in [2.24, 2.45) is 0 Å². The maximum atomic E-state index is 12.3. The number of fused-ring (bicyclic) bond motifs is 1. The molecule has 0 unspecified atom stereocenters. The van der Waals surface area contributed by atoms with Gasteiger partial charge in [-0.25, -0.2) is 4.68 Å². The second-order valence-electron chi connectivity index (χ2n) is 2.76.